The number of alkyl halides is 2. The van der Waals surface area contributed by atoms with Gasteiger partial charge < -0.3 is 15.4 Å². The van der Waals surface area contributed by atoms with E-state index in [1.54, 1.807) is 30.4 Å². The number of anilines is 2. The Balaban J connectivity index is 2.25. The number of hydrogen-bond donors (Lipinski definition) is 1. The molecule has 0 saturated heterocycles. The van der Waals surface area contributed by atoms with E-state index in [4.69, 9.17) is 5.73 Å². The number of nitrogen functional groups attached to an aromatic ring is 1. The van der Waals surface area contributed by atoms with Crippen LogP contribution in [0.5, 0.6) is 5.75 Å². The summed E-state index contributed by atoms with van der Waals surface area (Å²) in [5, 5.41) is 0. The molecule has 1 aromatic heterocycles. The van der Waals surface area contributed by atoms with Crippen molar-refractivity contribution in [2.24, 2.45) is 0 Å². The van der Waals surface area contributed by atoms with Crippen molar-refractivity contribution < 1.29 is 17.9 Å². The Bertz CT molecular complexity index is 608. The molecule has 0 spiro atoms. The molecule has 112 valence electrons. The van der Waals surface area contributed by atoms with Crippen LogP contribution in [-0.4, -0.2) is 18.6 Å². The van der Waals surface area contributed by atoms with Crippen molar-refractivity contribution in [2.45, 2.75) is 13.2 Å². The van der Waals surface area contributed by atoms with Crippen LogP contribution in [0.3, 0.4) is 0 Å². The Morgan fingerprint density at radius 1 is 1.38 bits per heavy atom. The van der Waals surface area contributed by atoms with E-state index in [-0.39, 0.29) is 5.69 Å². The fraction of sp³-hybridized carbons (Fsp3) is 0.214. The van der Waals surface area contributed by atoms with E-state index in [2.05, 4.69) is 9.72 Å². The summed E-state index contributed by atoms with van der Waals surface area (Å²) in [6.45, 7) is -2.66. The van der Waals surface area contributed by atoms with Crippen LogP contribution in [0.25, 0.3) is 0 Å². The number of halogens is 3. The van der Waals surface area contributed by atoms with Gasteiger partial charge in [0.25, 0.3) is 0 Å². The van der Waals surface area contributed by atoms with E-state index in [0.29, 0.717) is 12.2 Å². The first-order chi connectivity index (χ1) is 9.97. The highest BCUT2D eigenvalue weighted by molar-refractivity contribution is 5.69. The molecule has 1 aromatic carbocycles. The predicted molar refractivity (Wildman–Crippen MR) is 73.8 cm³/mol. The summed E-state index contributed by atoms with van der Waals surface area (Å²) < 4.78 is 42.1. The Hall–Kier alpha value is -2.44. The van der Waals surface area contributed by atoms with E-state index < -0.39 is 18.2 Å². The van der Waals surface area contributed by atoms with Crippen molar-refractivity contribution in [1.29, 1.82) is 0 Å². The third-order valence-electron chi connectivity index (χ3n) is 2.85. The molecule has 1 heterocycles. The van der Waals surface area contributed by atoms with Crippen molar-refractivity contribution >= 4 is 11.4 Å². The zero-order valence-electron chi connectivity index (χ0n) is 11.3. The zero-order valence-corrected chi connectivity index (χ0v) is 11.3. The van der Waals surface area contributed by atoms with Crippen LogP contribution in [-0.2, 0) is 6.54 Å². The van der Waals surface area contributed by atoms with Gasteiger partial charge in [-0.25, -0.2) is 4.39 Å². The molecule has 7 heteroatoms. The first kappa shape index (κ1) is 15.0. The molecule has 0 amide bonds. The maximum absolute atomic E-state index is 13.5. The predicted octanol–water partition coefficient (Wildman–Crippen LogP) is 3.04. The minimum Gasteiger partial charge on any atom is -0.432 e. The SMILES string of the molecule is CN(Cc1cccnc1)c1cc(OC(F)F)c(F)cc1N. The molecular weight excluding hydrogens is 283 g/mol. The van der Waals surface area contributed by atoms with Gasteiger partial charge in [0.05, 0.1) is 11.4 Å². The lowest BCUT2D eigenvalue weighted by molar-refractivity contribution is -0.0521. The number of hydrogen-bond acceptors (Lipinski definition) is 4. The molecule has 0 aliphatic carbocycles. The van der Waals surface area contributed by atoms with Gasteiger partial charge in [-0.15, -0.1) is 0 Å². The van der Waals surface area contributed by atoms with Gasteiger partial charge in [-0.3, -0.25) is 4.98 Å². The average Bonchev–Trinajstić information content (AvgIpc) is 2.42. The summed E-state index contributed by atoms with van der Waals surface area (Å²) in [6, 6.07) is 5.77. The molecule has 0 atom stereocenters. The van der Waals surface area contributed by atoms with Crippen LogP contribution in [0.4, 0.5) is 24.5 Å². The van der Waals surface area contributed by atoms with Gasteiger partial charge in [0.1, 0.15) is 0 Å². The number of benzene rings is 1. The van der Waals surface area contributed by atoms with Gasteiger partial charge in [0.15, 0.2) is 11.6 Å². The molecule has 21 heavy (non-hydrogen) atoms. The fourth-order valence-corrected chi connectivity index (χ4v) is 1.93. The summed E-state index contributed by atoms with van der Waals surface area (Å²) in [7, 11) is 1.71. The summed E-state index contributed by atoms with van der Waals surface area (Å²) >= 11 is 0. The van der Waals surface area contributed by atoms with E-state index in [1.807, 2.05) is 6.07 Å². The van der Waals surface area contributed by atoms with Gasteiger partial charge in [-0.05, 0) is 11.6 Å². The van der Waals surface area contributed by atoms with Crippen molar-refractivity contribution in [1.82, 2.24) is 4.98 Å². The molecule has 0 radical (unpaired) electrons. The lowest BCUT2D eigenvalue weighted by Gasteiger charge is -2.22. The van der Waals surface area contributed by atoms with Crippen LogP contribution in [0.1, 0.15) is 5.56 Å². The Labute approximate surface area is 120 Å². The molecule has 4 nitrogen and oxygen atoms in total. The first-order valence-corrected chi connectivity index (χ1v) is 6.11. The topological polar surface area (TPSA) is 51.4 Å². The number of ether oxygens (including phenoxy) is 1. The maximum Gasteiger partial charge on any atom is 0.387 e. The second-order valence-corrected chi connectivity index (χ2v) is 4.44. The first-order valence-electron chi connectivity index (χ1n) is 6.11. The highest BCUT2D eigenvalue weighted by Crippen LogP contribution is 2.32. The number of aromatic nitrogens is 1. The van der Waals surface area contributed by atoms with Crippen molar-refractivity contribution in [3.05, 3.63) is 48.0 Å². The number of nitrogens with two attached hydrogens (primary N) is 1. The summed E-state index contributed by atoms with van der Waals surface area (Å²) in [6.07, 6.45) is 3.32. The van der Waals surface area contributed by atoms with Crippen LogP contribution in [0.2, 0.25) is 0 Å². The van der Waals surface area contributed by atoms with Crippen molar-refractivity contribution in [3.63, 3.8) is 0 Å². The van der Waals surface area contributed by atoms with Crippen molar-refractivity contribution in [2.75, 3.05) is 17.7 Å². The van der Waals surface area contributed by atoms with Crippen molar-refractivity contribution in [3.8, 4) is 5.75 Å². The standard InChI is InChI=1S/C14H14F3N3O/c1-20(8-9-3-2-4-19-7-9)12-6-13(21-14(16)17)10(15)5-11(12)18/h2-7,14H,8,18H2,1H3. The Kier molecular flexibility index (Phi) is 4.52. The van der Waals surface area contributed by atoms with Crippen LogP contribution in [0, 0.1) is 5.82 Å². The summed E-state index contributed by atoms with van der Waals surface area (Å²) in [4.78, 5) is 5.68. The average molecular weight is 297 g/mol. The lowest BCUT2D eigenvalue weighted by atomic mass is 10.2. The Morgan fingerprint density at radius 2 is 2.14 bits per heavy atom. The molecule has 0 aliphatic rings. The lowest BCUT2D eigenvalue weighted by Crippen LogP contribution is -2.18. The highest BCUT2D eigenvalue weighted by Gasteiger charge is 2.15. The molecule has 0 unspecified atom stereocenters. The molecule has 0 fully saturated rings. The summed E-state index contributed by atoms with van der Waals surface area (Å²) in [5.74, 6) is -1.46. The minimum absolute atomic E-state index is 0.139. The van der Waals surface area contributed by atoms with E-state index in [9.17, 15) is 13.2 Å². The number of rotatable bonds is 5. The third kappa shape index (κ3) is 3.77. The Morgan fingerprint density at radius 3 is 2.76 bits per heavy atom. The quantitative estimate of drug-likeness (QED) is 0.862. The molecular formula is C14H14F3N3O. The second-order valence-electron chi connectivity index (χ2n) is 4.44. The van der Waals surface area contributed by atoms with Crippen LogP contribution in [0.15, 0.2) is 36.7 Å². The monoisotopic (exact) mass is 297 g/mol. The van der Waals surface area contributed by atoms with Gasteiger partial charge in [-0.1, -0.05) is 6.07 Å². The molecule has 0 bridgehead atoms. The largest absolute Gasteiger partial charge is 0.432 e. The third-order valence-corrected chi connectivity index (χ3v) is 2.85. The van der Waals surface area contributed by atoms with Gasteiger partial charge in [-0.2, -0.15) is 8.78 Å². The van der Waals surface area contributed by atoms with Gasteiger partial charge in [0, 0.05) is 38.1 Å². The van der Waals surface area contributed by atoms with Crippen LogP contribution >= 0.6 is 0 Å². The van der Waals surface area contributed by atoms with E-state index in [0.717, 1.165) is 17.7 Å². The number of pyridine rings is 1. The molecule has 2 N–H and O–H groups in total. The van der Waals surface area contributed by atoms with E-state index >= 15 is 0 Å². The smallest absolute Gasteiger partial charge is 0.387 e. The van der Waals surface area contributed by atoms with Gasteiger partial charge in [0.2, 0.25) is 0 Å². The molecule has 0 aliphatic heterocycles. The van der Waals surface area contributed by atoms with Gasteiger partial charge >= 0.3 is 6.61 Å². The summed E-state index contributed by atoms with van der Waals surface area (Å²) in [5.41, 5.74) is 7.18. The highest BCUT2D eigenvalue weighted by atomic mass is 19.3. The molecule has 0 saturated carbocycles. The molecule has 2 aromatic rings. The van der Waals surface area contributed by atoms with Crippen LogP contribution < -0.4 is 15.4 Å². The zero-order chi connectivity index (χ0) is 15.4. The fourth-order valence-electron chi connectivity index (χ4n) is 1.93. The number of nitrogens with zero attached hydrogens (tertiary/aromatic N) is 2. The minimum atomic E-state index is -3.10. The normalized spacial score (nSPS) is 10.7. The maximum atomic E-state index is 13.5. The molecule has 2 rings (SSSR count). The second kappa shape index (κ2) is 6.34. The van der Waals surface area contributed by atoms with E-state index in [1.165, 1.54) is 0 Å².